The van der Waals surface area contributed by atoms with Crippen LogP contribution >= 0.6 is 11.6 Å². The summed E-state index contributed by atoms with van der Waals surface area (Å²) in [6.45, 7) is 3.09. The highest BCUT2D eigenvalue weighted by molar-refractivity contribution is 6.32. The number of amides is 1. The summed E-state index contributed by atoms with van der Waals surface area (Å²) >= 11 is 5.65. The molecule has 104 valence electrons. The Balaban J connectivity index is 2.93. The Morgan fingerprint density at radius 3 is 2.89 bits per heavy atom. The van der Waals surface area contributed by atoms with Gasteiger partial charge in [0.2, 0.25) is 5.15 Å². The van der Waals surface area contributed by atoms with E-state index in [9.17, 15) is 14.9 Å². The number of pyridine rings is 1. The Morgan fingerprint density at radius 1 is 1.63 bits per heavy atom. The van der Waals surface area contributed by atoms with Gasteiger partial charge in [-0.05, 0) is 13.0 Å². The minimum absolute atomic E-state index is 0.0796. The van der Waals surface area contributed by atoms with Crippen LogP contribution in [-0.2, 0) is 4.74 Å². The van der Waals surface area contributed by atoms with Gasteiger partial charge in [0.05, 0.1) is 11.5 Å². The molecule has 19 heavy (non-hydrogen) atoms. The highest BCUT2D eigenvalue weighted by Gasteiger charge is 2.26. The molecule has 0 unspecified atom stereocenters. The molecule has 1 aromatic heterocycles. The van der Waals surface area contributed by atoms with E-state index in [1.807, 2.05) is 6.92 Å². The molecule has 8 heteroatoms. The Labute approximate surface area is 115 Å². The lowest BCUT2D eigenvalue weighted by Crippen LogP contribution is -2.30. The zero-order valence-corrected chi connectivity index (χ0v) is 11.4. The maximum absolute atomic E-state index is 12.1. The number of likely N-dealkylation sites (N-methyl/N-ethyl adjacent to an activating group) is 1. The van der Waals surface area contributed by atoms with Crippen molar-refractivity contribution in [2.45, 2.75) is 6.92 Å². The summed E-state index contributed by atoms with van der Waals surface area (Å²) in [5.74, 6) is -0.490. The molecule has 0 saturated heterocycles. The van der Waals surface area contributed by atoms with Crippen LogP contribution < -0.4 is 0 Å². The van der Waals surface area contributed by atoms with Gasteiger partial charge in [0.25, 0.3) is 5.91 Å². The van der Waals surface area contributed by atoms with Crippen LogP contribution in [0.4, 0.5) is 5.69 Å². The Morgan fingerprint density at radius 2 is 2.32 bits per heavy atom. The van der Waals surface area contributed by atoms with Crippen LogP contribution in [0.5, 0.6) is 0 Å². The molecule has 0 aliphatic heterocycles. The fourth-order valence-corrected chi connectivity index (χ4v) is 1.65. The van der Waals surface area contributed by atoms with Crippen molar-refractivity contribution in [2.75, 3.05) is 26.8 Å². The zero-order chi connectivity index (χ0) is 14.4. The second kappa shape index (κ2) is 7.01. The number of ether oxygens (including phenoxy) is 1. The summed E-state index contributed by atoms with van der Waals surface area (Å²) in [5, 5.41) is 10.6. The average Bonchev–Trinajstić information content (AvgIpc) is 2.37. The van der Waals surface area contributed by atoms with Crippen molar-refractivity contribution in [2.24, 2.45) is 0 Å². The third-order valence-corrected chi connectivity index (χ3v) is 2.69. The van der Waals surface area contributed by atoms with Crippen molar-refractivity contribution in [3.63, 3.8) is 0 Å². The van der Waals surface area contributed by atoms with E-state index in [0.29, 0.717) is 19.8 Å². The summed E-state index contributed by atoms with van der Waals surface area (Å²) in [7, 11) is 1.54. The molecule has 1 aromatic rings. The van der Waals surface area contributed by atoms with Crippen LogP contribution in [0.15, 0.2) is 12.3 Å². The fraction of sp³-hybridized carbons (Fsp3) is 0.455. The first-order chi connectivity index (χ1) is 8.99. The molecule has 7 nitrogen and oxygen atoms in total. The molecule has 1 amide bonds. The van der Waals surface area contributed by atoms with Crippen molar-refractivity contribution in [1.82, 2.24) is 9.88 Å². The molecule has 0 N–H and O–H groups in total. The van der Waals surface area contributed by atoms with Crippen molar-refractivity contribution < 1.29 is 14.5 Å². The van der Waals surface area contributed by atoms with Crippen molar-refractivity contribution in [3.8, 4) is 0 Å². The normalized spacial score (nSPS) is 10.3. The smallest absolute Gasteiger partial charge is 0.319 e. The van der Waals surface area contributed by atoms with Crippen molar-refractivity contribution in [1.29, 1.82) is 0 Å². The lowest BCUT2D eigenvalue weighted by molar-refractivity contribution is -0.385. The van der Waals surface area contributed by atoms with E-state index >= 15 is 0 Å². The van der Waals surface area contributed by atoms with Gasteiger partial charge in [0.1, 0.15) is 5.56 Å². The minimum Gasteiger partial charge on any atom is -0.380 e. The van der Waals surface area contributed by atoms with Gasteiger partial charge in [-0.2, -0.15) is 0 Å². The Kier molecular flexibility index (Phi) is 5.65. The molecule has 0 aliphatic rings. The molecule has 1 rings (SSSR count). The maximum atomic E-state index is 12.1. The predicted octanol–water partition coefficient (Wildman–Crippen LogP) is 1.75. The quantitative estimate of drug-likeness (QED) is 0.344. The van der Waals surface area contributed by atoms with Gasteiger partial charge >= 0.3 is 5.69 Å². The van der Waals surface area contributed by atoms with Crippen molar-refractivity contribution in [3.05, 3.63) is 33.1 Å². The van der Waals surface area contributed by atoms with E-state index in [2.05, 4.69) is 4.98 Å². The van der Waals surface area contributed by atoms with E-state index in [4.69, 9.17) is 16.3 Å². The highest BCUT2D eigenvalue weighted by atomic mass is 35.5. The lowest BCUT2D eigenvalue weighted by Gasteiger charge is -2.16. The van der Waals surface area contributed by atoms with Gasteiger partial charge in [-0.1, -0.05) is 11.6 Å². The Bertz CT molecular complexity index is 481. The second-order valence-electron chi connectivity index (χ2n) is 3.68. The third-order valence-electron chi connectivity index (χ3n) is 2.41. The third kappa shape index (κ3) is 3.87. The van der Waals surface area contributed by atoms with E-state index in [-0.39, 0.29) is 10.7 Å². The van der Waals surface area contributed by atoms with Gasteiger partial charge in [-0.15, -0.1) is 0 Å². The van der Waals surface area contributed by atoms with E-state index in [1.54, 1.807) is 7.05 Å². The number of aromatic nitrogens is 1. The zero-order valence-electron chi connectivity index (χ0n) is 10.6. The Hall–Kier alpha value is -1.73. The summed E-state index contributed by atoms with van der Waals surface area (Å²) in [5.41, 5.74) is -0.554. The van der Waals surface area contributed by atoms with Crippen LogP contribution in [0.25, 0.3) is 0 Å². The van der Waals surface area contributed by atoms with E-state index < -0.39 is 16.5 Å². The predicted molar refractivity (Wildman–Crippen MR) is 69.4 cm³/mol. The van der Waals surface area contributed by atoms with Crippen LogP contribution in [0.1, 0.15) is 17.3 Å². The molecule has 0 radical (unpaired) electrons. The summed E-state index contributed by atoms with van der Waals surface area (Å²) in [4.78, 5) is 27.3. The first kappa shape index (κ1) is 15.3. The highest BCUT2D eigenvalue weighted by Crippen LogP contribution is 2.26. The van der Waals surface area contributed by atoms with Crippen molar-refractivity contribution >= 4 is 23.2 Å². The molecule has 0 aliphatic carbocycles. The molecule has 0 saturated carbocycles. The van der Waals surface area contributed by atoms with Gasteiger partial charge in [0.15, 0.2) is 0 Å². The van der Waals surface area contributed by atoms with Crippen LogP contribution in [-0.4, -0.2) is 47.5 Å². The number of rotatable bonds is 6. The summed E-state index contributed by atoms with van der Waals surface area (Å²) in [6, 6.07) is 1.28. The number of nitrogens with zero attached hydrogens (tertiary/aromatic N) is 3. The molecule has 0 atom stereocenters. The monoisotopic (exact) mass is 287 g/mol. The van der Waals surface area contributed by atoms with Crippen LogP contribution in [0.2, 0.25) is 5.15 Å². The number of carbonyl (C=O) groups excluding carboxylic acids is 1. The molecule has 1 heterocycles. The van der Waals surface area contributed by atoms with Gasteiger partial charge in [-0.3, -0.25) is 14.9 Å². The number of nitro groups is 1. The number of hydrogen-bond donors (Lipinski definition) is 0. The SMILES string of the molecule is CCOCCN(C)C(=O)c1ccnc(Cl)c1[N+](=O)[O-]. The first-order valence-electron chi connectivity index (χ1n) is 5.61. The lowest BCUT2D eigenvalue weighted by atomic mass is 10.2. The molecule has 0 aromatic carbocycles. The fourth-order valence-electron chi connectivity index (χ4n) is 1.43. The molecule has 0 spiro atoms. The molecule has 0 fully saturated rings. The average molecular weight is 288 g/mol. The molecule has 0 bridgehead atoms. The van der Waals surface area contributed by atoms with Gasteiger partial charge in [-0.25, -0.2) is 4.98 Å². The largest absolute Gasteiger partial charge is 0.380 e. The standard InChI is InChI=1S/C11H14ClN3O4/c1-3-19-7-6-14(2)11(16)8-4-5-13-10(12)9(8)15(17)18/h4-5H,3,6-7H2,1-2H3. The second-order valence-corrected chi connectivity index (χ2v) is 4.04. The summed E-state index contributed by atoms with van der Waals surface area (Å²) in [6.07, 6.45) is 1.26. The number of carbonyl (C=O) groups is 1. The topological polar surface area (TPSA) is 85.6 Å². The van der Waals surface area contributed by atoms with E-state index in [1.165, 1.54) is 17.2 Å². The van der Waals surface area contributed by atoms with Crippen LogP contribution in [0, 0.1) is 10.1 Å². The number of halogens is 1. The van der Waals surface area contributed by atoms with Gasteiger partial charge < -0.3 is 9.64 Å². The molecular weight excluding hydrogens is 274 g/mol. The number of hydrogen-bond acceptors (Lipinski definition) is 5. The maximum Gasteiger partial charge on any atom is 0.319 e. The molecular formula is C11H14ClN3O4. The minimum atomic E-state index is -0.709. The van der Waals surface area contributed by atoms with E-state index in [0.717, 1.165) is 0 Å². The van der Waals surface area contributed by atoms with Crippen LogP contribution in [0.3, 0.4) is 0 Å². The first-order valence-corrected chi connectivity index (χ1v) is 5.99. The summed E-state index contributed by atoms with van der Waals surface area (Å²) < 4.78 is 5.13. The van der Waals surface area contributed by atoms with Gasteiger partial charge in [0, 0.05) is 26.4 Å².